The van der Waals surface area contributed by atoms with Crippen molar-refractivity contribution in [2.45, 2.75) is 6.54 Å². The van der Waals surface area contributed by atoms with Gasteiger partial charge in [-0.25, -0.2) is 9.18 Å². The number of rotatable bonds is 7. The number of aromatic nitrogens is 2. The van der Waals surface area contributed by atoms with E-state index in [0.717, 1.165) is 4.57 Å². The van der Waals surface area contributed by atoms with Gasteiger partial charge in [-0.15, -0.1) is 0 Å². The monoisotopic (exact) mass is 428 g/mol. The molecule has 10 nitrogen and oxygen atoms in total. The van der Waals surface area contributed by atoms with Crippen molar-refractivity contribution in [2.24, 2.45) is 0 Å². The number of aromatic amines is 1. The molecule has 160 valence electrons. The van der Waals surface area contributed by atoms with Crippen molar-refractivity contribution in [1.29, 1.82) is 0 Å². The molecule has 11 heteroatoms. The maximum atomic E-state index is 12.8. The highest BCUT2D eigenvalue weighted by Crippen LogP contribution is 2.08. The molecule has 0 radical (unpaired) electrons. The van der Waals surface area contributed by atoms with Crippen LogP contribution in [0.5, 0.6) is 0 Å². The van der Waals surface area contributed by atoms with Gasteiger partial charge >= 0.3 is 11.7 Å². The molecule has 3 N–H and O–H groups in total. The second-order valence-corrected chi connectivity index (χ2v) is 6.36. The number of para-hydroxylation sites is 1. The van der Waals surface area contributed by atoms with Crippen LogP contribution in [0.4, 0.5) is 10.1 Å². The number of anilines is 1. The van der Waals surface area contributed by atoms with Gasteiger partial charge in [-0.3, -0.25) is 28.7 Å². The molecule has 0 aliphatic carbocycles. The standard InChI is InChI=1S/C20H17FN4O6/c21-12-5-7-13(8-6-12)23-16(26)9-22-17(27)11-31-18(28)10-25-15-4-2-1-3-14(15)19(29)24-20(25)30/h1-8H,9-11H2,(H,22,27)(H,23,26)(H,24,29,30). The second-order valence-electron chi connectivity index (χ2n) is 6.36. The Morgan fingerprint density at radius 1 is 1.00 bits per heavy atom. The Kier molecular flexibility index (Phi) is 6.55. The van der Waals surface area contributed by atoms with Crippen LogP contribution in [0.3, 0.4) is 0 Å². The van der Waals surface area contributed by atoms with Gasteiger partial charge in [-0.1, -0.05) is 12.1 Å². The fraction of sp³-hybridized carbons (Fsp3) is 0.150. The lowest BCUT2D eigenvalue weighted by Crippen LogP contribution is -2.37. The normalized spacial score (nSPS) is 10.5. The molecule has 0 atom stereocenters. The minimum atomic E-state index is -0.884. The van der Waals surface area contributed by atoms with Crippen LogP contribution in [0.2, 0.25) is 0 Å². The van der Waals surface area contributed by atoms with E-state index in [9.17, 15) is 28.4 Å². The highest BCUT2D eigenvalue weighted by Gasteiger charge is 2.13. The number of carbonyl (C=O) groups is 3. The minimum Gasteiger partial charge on any atom is -0.454 e. The summed E-state index contributed by atoms with van der Waals surface area (Å²) in [6.45, 7) is -1.58. The molecule has 0 fully saturated rings. The van der Waals surface area contributed by atoms with E-state index in [4.69, 9.17) is 4.74 Å². The van der Waals surface area contributed by atoms with E-state index in [1.54, 1.807) is 12.1 Å². The molecule has 0 aliphatic heterocycles. The van der Waals surface area contributed by atoms with Crippen molar-refractivity contribution in [3.63, 3.8) is 0 Å². The van der Waals surface area contributed by atoms with Crippen LogP contribution < -0.4 is 21.9 Å². The predicted molar refractivity (Wildman–Crippen MR) is 108 cm³/mol. The molecule has 3 rings (SSSR count). The summed E-state index contributed by atoms with van der Waals surface area (Å²) in [5.74, 6) is -2.63. The quantitative estimate of drug-likeness (QED) is 0.457. The van der Waals surface area contributed by atoms with Gasteiger partial charge in [0.1, 0.15) is 12.4 Å². The Balaban J connectivity index is 1.50. The van der Waals surface area contributed by atoms with Gasteiger partial charge in [0.25, 0.3) is 11.5 Å². The number of H-pyrrole nitrogens is 1. The molecule has 1 heterocycles. The third-order valence-electron chi connectivity index (χ3n) is 4.13. The number of hydrogen-bond acceptors (Lipinski definition) is 6. The summed E-state index contributed by atoms with van der Waals surface area (Å²) in [7, 11) is 0. The summed E-state index contributed by atoms with van der Waals surface area (Å²) < 4.78 is 18.7. The predicted octanol–water partition coefficient (Wildman–Crippen LogP) is 0.127. The Labute approximate surface area is 173 Å². The first-order chi connectivity index (χ1) is 14.8. The lowest BCUT2D eigenvalue weighted by molar-refractivity contribution is -0.149. The molecule has 3 aromatic rings. The van der Waals surface area contributed by atoms with E-state index in [2.05, 4.69) is 15.6 Å². The zero-order valence-electron chi connectivity index (χ0n) is 16.0. The van der Waals surface area contributed by atoms with Crippen molar-refractivity contribution in [2.75, 3.05) is 18.5 Å². The van der Waals surface area contributed by atoms with Gasteiger partial charge in [-0.05, 0) is 36.4 Å². The number of ether oxygens (including phenoxy) is 1. The van der Waals surface area contributed by atoms with Gasteiger partial charge in [0.05, 0.1) is 17.4 Å². The number of hydrogen-bond donors (Lipinski definition) is 3. The summed E-state index contributed by atoms with van der Waals surface area (Å²) in [6, 6.07) is 11.3. The van der Waals surface area contributed by atoms with Gasteiger partial charge in [0, 0.05) is 5.69 Å². The molecular formula is C20H17FN4O6. The molecule has 0 spiro atoms. The maximum Gasteiger partial charge on any atom is 0.329 e. The Morgan fingerprint density at radius 3 is 2.45 bits per heavy atom. The summed E-state index contributed by atoms with van der Waals surface area (Å²) >= 11 is 0. The van der Waals surface area contributed by atoms with Crippen LogP contribution in [0, 0.1) is 5.82 Å². The van der Waals surface area contributed by atoms with Crippen LogP contribution in [0.1, 0.15) is 0 Å². The first-order valence-electron chi connectivity index (χ1n) is 9.03. The van der Waals surface area contributed by atoms with Gasteiger partial charge < -0.3 is 15.4 Å². The lowest BCUT2D eigenvalue weighted by atomic mass is 10.2. The first kappa shape index (κ1) is 21.4. The average molecular weight is 428 g/mol. The number of nitrogens with zero attached hydrogens (tertiary/aromatic N) is 1. The average Bonchev–Trinajstić information content (AvgIpc) is 2.75. The van der Waals surface area contributed by atoms with Crippen molar-refractivity contribution in [1.82, 2.24) is 14.9 Å². The topological polar surface area (TPSA) is 139 Å². The summed E-state index contributed by atoms with van der Waals surface area (Å²) in [5.41, 5.74) is -0.771. The molecule has 1 aromatic heterocycles. The summed E-state index contributed by atoms with van der Waals surface area (Å²) in [6.07, 6.45) is 0. The van der Waals surface area contributed by atoms with Crippen LogP contribution in [0.15, 0.2) is 58.1 Å². The van der Waals surface area contributed by atoms with Gasteiger partial charge in [0.15, 0.2) is 6.61 Å². The molecule has 2 amide bonds. The minimum absolute atomic E-state index is 0.222. The molecule has 0 bridgehead atoms. The van der Waals surface area contributed by atoms with Gasteiger partial charge in [-0.2, -0.15) is 0 Å². The smallest absolute Gasteiger partial charge is 0.329 e. The fourth-order valence-corrected chi connectivity index (χ4v) is 2.69. The Hall–Kier alpha value is -4.28. The van der Waals surface area contributed by atoms with Crippen molar-refractivity contribution in [3.8, 4) is 0 Å². The highest BCUT2D eigenvalue weighted by molar-refractivity contribution is 5.94. The number of fused-ring (bicyclic) bond motifs is 1. The Bertz CT molecular complexity index is 1250. The third kappa shape index (κ3) is 5.63. The molecular weight excluding hydrogens is 411 g/mol. The first-order valence-corrected chi connectivity index (χ1v) is 9.03. The van der Waals surface area contributed by atoms with E-state index in [1.807, 2.05) is 0 Å². The number of carbonyl (C=O) groups excluding carboxylic acids is 3. The van der Waals surface area contributed by atoms with Crippen molar-refractivity contribution < 1.29 is 23.5 Å². The van der Waals surface area contributed by atoms with Gasteiger partial charge in [0.2, 0.25) is 5.91 Å². The zero-order valence-corrected chi connectivity index (χ0v) is 16.0. The second kappa shape index (κ2) is 9.48. The van der Waals surface area contributed by atoms with Crippen molar-refractivity contribution >= 4 is 34.4 Å². The van der Waals surface area contributed by atoms with Crippen LogP contribution in [-0.2, 0) is 25.7 Å². The fourth-order valence-electron chi connectivity index (χ4n) is 2.69. The Morgan fingerprint density at radius 2 is 1.71 bits per heavy atom. The SMILES string of the molecule is O=C(COC(=O)Cn1c(=O)[nH]c(=O)c2ccccc21)NCC(=O)Nc1ccc(F)cc1. The largest absolute Gasteiger partial charge is 0.454 e. The van der Waals surface area contributed by atoms with Crippen LogP contribution in [0.25, 0.3) is 10.9 Å². The number of benzene rings is 2. The number of nitrogens with one attached hydrogen (secondary N) is 3. The van der Waals surface area contributed by atoms with Crippen LogP contribution in [-0.4, -0.2) is 40.5 Å². The van der Waals surface area contributed by atoms with E-state index in [0.29, 0.717) is 5.69 Å². The van der Waals surface area contributed by atoms with E-state index in [-0.39, 0.29) is 10.9 Å². The maximum absolute atomic E-state index is 12.8. The summed E-state index contributed by atoms with van der Waals surface area (Å²) in [4.78, 5) is 61.6. The number of amides is 2. The molecule has 31 heavy (non-hydrogen) atoms. The van der Waals surface area contributed by atoms with Crippen molar-refractivity contribution in [3.05, 3.63) is 75.2 Å². The molecule has 0 saturated carbocycles. The van der Waals surface area contributed by atoms with E-state index >= 15 is 0 Å². The molecule has 0 saturated heterocycles. The summed E-state index contributed by atoms with van der Waals surface area (Å²) in [5, 5.41) is 4.94. The molecule has 2 aromatic carbocycles. The number of esters is 1. The zero-order chi connectivity index (χ0) is 22.4. The van der Waals surface area contributed by atoms with E-state index in [1.165, 1.54) is 36.4 Å². The third-order valence-corrected chi connectivity index (χ3v) is 4.13. The molecule has 0 aliphatic rings. The highest BCUT2D eigenvalue weighted by atomic mass is 19.1. The lowest BCUT2D eigenvalue weighted by Gasteiger charge is -2.10. The number of halogens is 1. The van der Waals surface area contributed by atoms with Crippen LogP contribution >= 0.6 is 0 Å². The van der Waals surface area contributed by atoms with E-state index < -0.39 is 54.5 Å². The molecule has 0 unspecified atom stereocenters.